The number of amides is 1. The van der Waals surface area contributed by atoms with Crippen molar-refractivity contribution in [1.29, 1.82) is 0 Å². The number of benzene rings is 2. The van der Waals surface area contributed by atoms with Gasteiger partial charge >= 0.3 is 0 Å². The number of carbonyl (C=O) groups excluding carboxylic acids is 1. The third-order valence-electron chi connectivity index (χ3n) is 6.06. The van der Waals surface area contributed by atoms with Gasteiger partial charge in [0.15, 0.2) is 0 Å². The van der Waals surface area contributed by atoms with Gasteiger partial charge in [-0.15, -0.1) is 0 Å². The Labute approximate surface area is 162 Å². The van der Waals surface area contributed by atoms with E-state index in [9.17, 15) is 9.18 Å². The average molecular weight is 376 g/mol. The van der Waals surface area contributed by atoms with E-state index in [1.54, 1.807) is 24.8 Å². The molecule has 142 valence electrons. The standard InChI is InChI=1S/C22H21FN4O/c23-18-7-5-16(6-8-18)15-1-3-17(4-2-15)22(28)27-19-9-10-20(27)12-21(11-19)26-14-24-13-25-26/h1-8,13-14,19-21H,9-12H2. The van der Waals surface area contributed by atoms with Gasteiger partial charge in [0.05, 0.1) is 6.04 Å². The fourth-order valence-electron chi connectivity index (χ4n) is 4.70. The molecule has 2 aliphatic rings. The van der Waals surface area contributed by atoms with Gasteiger partial charge in [0, 0.05) is 17.6 Å². The molecule has 2 fully saturated rings. The molecule has 2 saturated heterocycles. The summed E-state index contributed by atoms with van der Waals surface area (Å²) >= 11 is 0. The molecule has 28 heavy (non-hydrogen) atoms. The lowest BCUT2D eigenvalue weighted by atomic mass is 9.96. The van der Waals surface area contributed by atoms with Gasteiger partial charge in [0.1, 0.15) is 18.5 Å². The normalized spacial score (nSPS) is 23.8. The van der Waals surface area contributed by atoms with E-state index in [1.165, 1.54) is 12.1 Å². The Balaban J connectivity index is 1.33. The van der Waals surface area contributed by atoms with Crippen molar-refractivity contribution in [2.24, 2.45) is 0 Å². The first-order valence-electron chi connectivity index (χ1n) is 9.72. The Morgan fingerprint density at radius 1 is 0.893 bits per heavy atom. The van der Waals surface area contributed by atoms with Crippen LogP contribution in [-0.2, 0) is 0 Å². The molecule has 2 aliphatic heterocycles. The zero-order valence-electron chi connectivity index (χ0n) is 15.4. The van der Waals surface area contributed by atoms with Crippen LogP contribution in [0.4, 0.5) is 4.39 Å². The highest BCUT2D eigenvalue weighted by atomic mass is 19.1. The lowest BCUT2D eigenvalue weighted by molar-refractivity contribution is 0.0524. The lowest BCUT2D eigenvalue weighted by Gasteiger charge is -2.39. The number of piperidine rings is 1. The number of aromatic nitrogens is 3. The summed E-state index contributed by atoms with van der Waals surface area (Å²) in [5.74, 6) is -0.143. The van der Waals surface area contributed by atoms with Gasteiger partial charge in [-0.1, -0.05) is 24.3 Å². The van der Waals surface area contributed by atoms with Crippen LogP contribution in [-0.4, -0.2) is 37.7 Å². The Kier molecular flexibility index (Phi) is 4.19. The van der Waals surface area contributed by atoms with E-state index < -0.39 is 0 Å². The molecule has 0 aliphatic carbocycles. The fraction of sp³-hybridized carbons (Fsp3) is 0.318. The quantitative estimate of drug-likeness (QED) is 0.692. The molecule has 2 unspecified atom stereocenters. The van der Waals surface area contributed by atoms with Crippen LogP contribution in [0.15, 0.2) is 61.2 Å². The topological polar surface area (TPSA) is 51.0 Å². The van der Waals surface area contributed by atoms with Crippen molar-refractivity contribution in [3.8, 4) is 11.1 Å². The van der Waals surface area contributed by atoms with Crippen LogP contribution in [0, 0.1) is 5.82 Å². The number of rotatable bonds is 3. The molecular weight excluding hydrogens is 355 g/mol. The first kappa shape index (κ1) is 17.1. The van der Waals surface area contributed by atoms with Crippen molar-refractivity contribution in [2.45, 2.75) is 43.8 Å². The van der Waals surface area contributed by atoms with Gasteiger partial charge < -0.3 is 4.90 Å². The maximum atomic E-state index is 13.2. The molecule has 1 aromatic heterocycles. The largest absolute Gasteiger partial charge is 0.333 e. The Bertz CT molecular complexity index is 955. The monoisotopic (exact) mass is 376 g/mol. The van der Waals surface area contributed by atoms with Crippen LogP contribution in [0.1, 0.15) is 42.1 Å². The molecule has 3 aromatic rings. The van der Waals surface area contributed by atoms with E-state index in [0.717, 1.165) is 36.8 Å². The molecule has 0 saturated carbocycles. The van der Waals surface area contributed by atoms with E-state index in [0.29, 0.717) is 11.6 Å². The number of hydrogen-bond acceptors (Lipinski definition) is 3. The van der Waals surface area contributed by atoms with Crippen LogP contribution in [0.2, 0.25) is 0 Å². The van der Waals surface area contributed by atoms with E-state index in [4.69, 9.17) is 0 Å². The summed E-state index contributed by atoms with van der Waals surface area (Å²) in [5.41, 5.74) is 2.63. The second kappa shape index (κ2) is 6.86. The number of halogens is 1. The minimum absolute atomic E-state index is 0.107. The van der Waals surface area contributed by atoms with E-state index in [-0.39, 0.29) is 23.8 Å². The number of carbonyl (C=O) groups is 1. The summed E-state index contributed by atoms with van der Waals surface area (Å²) in [5, 5.41) is 4.29. The highest BCUT2D eigenvalue weighted by Crippen LogP contribution is 2.41. The van der Waals surface area contributed by atoms with Crippen molar-refractivity contribution in [3.05, 3.63) is 72.6 Å². The summed E-state index contributed by atoms with van der Waals surface area (Å²) < 4.78 is 15.1. The fourth-order valence-corrected chi connectivity index (χ4v) is 4.70. The SMILES string of the molecule is O=C(c1ccc(-c2ccc(F)cc2)cc1)N1C2CCC1CC(n1cncn1)C2. The van der Waals surface area contributed by atoms with E-state index >= 15 is 0 Å². The first-order valence-corrected chi connectivity index (χ1v) is 9.72. The van der Waals surface area contributed by atoms with Gasteiger partial charge in [-0.2, -0.15) is 5.10 Å². The minimum Gasteiger partial charge on any atom is -0.333 e. The zero-order valence-corrected chi connectivity index (χ0v) is 15.4. The number of fused-ring (bicyclic) bond motifs is 2. The number of hydrogen-bond donors (Lipinski definition) is 0. The van der Waals surface area contributed by atoms with Crippen molar-refractivity contribution >= 4 is 5.91 Å². The van der Waals surface area contributed by atoms with Gasteiger partial charge in [-0.25, -0.2) is 14.1 Å². The molecular formula is C22H21FN4O. The van der Waals surface area contributed by atoms with Crippen LogP contribution in [0.25, 0.3) is 11.1 Å². The molecule has 1 amide bonds. The van der Waals surface area contributed by atoms with Crippen LogP contribution in [0.3, 0.4) is 0 Å². The van der Waals surface area contributed by atoms with Crippen molar-refractivity contribution < 1.29 is 9.18 Å². The highest BCUT2D eigenvalue weighted by Gasteiger charge is 2.44. The van der Waals surface area contributed by atoms with Crippen molar-refractivity contribution in [1.82, 2.24) is 19.7 Å². The summed E-state index contributed by atoms with van der Waals surface area (Å²) in [4.78, 5) is 19.3. The molecule has 2 atom stereocenters. The molecule has 0 spiro atoms. The molecule has 2 aromatic carbocycles. The van der Waals surface area contributed by atoms with E-state index in [1.807, 2.05) is 28.9 Å². The third-order valence-corrected chi connectivity index (χ3v) is 6.06. The van der Waals surface area contributed by atoms with Gasteiger partial charge in [0.2, 0.25) is 0 Å². The molecule has 0 radical (unpaired) electrons. The summed E-state index contributed by atoms with van der Waals surface area (Å²) in [6, 6.07) is 14.9. The Hall–Kier alpha value is -3.02. The second-order valence-electron chi connectivity index (χ2n) is 7.68. The molecule has 2 bridgehead atoms. The van der Waals surface area contributed by atoms with Crippen molar-refractivity contribution in [2.75, 3.05) is 0 Å². The molecule has 5 rings (SSSR count). The Morgan fingerprint density at radius 3 is 2.07 bits per heavy atom. The first-order chi connectivity index (χ1) is 13.7. The van der Waals surface area contributed by atoms with Gasteiger partial charge in [0.25, 0.3) is 5.91 Å². The minimum atomic E-state index is -0.250. The summed E-state index contributed by atoms with van der Waals surface area (Å²) in [6.45, 7) is 0. The maximum Gasteiger partial charge on any atom is 0.254 e. The number of nitrogens with zero attached hydrogens (tertiary/aromatic N) is 4. The van der Waals surface area contributed by atoms with Crippen LogP contribution >= 0.6 is 0 Å². The average Bonchev–Trinajstić information content (AvgIpc) is 3.35. The Morgan fingerprint density at radius 2 is 1.50 bits per heavy atom. The van der Waals surface area contributed by atoms with Gasteiger partial charge in [-0.05, 0) is 61.1 Å². The van der Waals surface area contributed by atoms with Crippen molar-refractivity contribution in [3.63, 3.8) is 0 Å². The summed E-state index contributed by atoms with van der Waals surface area (Å²) in [6.07, 6.45) is 7.31. The van der Waals surface area contributed by atoms with Crippen LogP contribution in [0.5, 0.6) is 0 Å². The predicted molar refractivity (Wildman–Crippen MR) is 103 cm³/mol. The van der Waals surface area contributed by atoms with Gasteiger partial charge in [-0.3, -0.25) is 4.79 Å². The lowest BCUT2D eigenvalue weighted by Crippen LogP contribution is -2.47. The maximum absolute atomic E-state index is 13.2. The third kappa shape index (κ3) is 2.99. The molecule has 5 nitrogen and oxygen atoms in total. The predicted octanol–water partition coefficient (Wildman–Crippen LogP) is 4.09. The molecule has 0 N–H and O–H groups in total. The highest BCUT2D eigenvalue weighted by molar-refractivity contribution is 5.95. The zero-order chi connectivity index (χ0) is 19.1. The van der Waals surface area contributed by atoms with E-state index in [2.05, 4.69) is 15.0 Å². The summed E-state index contributed by atoms with van der Waals surface area (Å²) in [7, 11) is 0. The molecule has 6 heteroatoms. The second-order valence-corrected chi connectivity index (χ2v) is 7.68. The smallest absolute Gasteiger partial charge is 0.254 e. The molecule has 3 heterocycles. The van der Waals surface area contributed by atoms with Crippen LogP contribution < -0.4 is 0 Å².